The number of hydrogen-bond donors (Lipinski definition) is 2. The Labute approximate surface area is 139 Å². The van der Waals surface area contributed by atoms with Crippen molar-refractivity contribution in [3.8, 4) is 11.5 Å². The van der Waals surface area contributed by atoms with Crippen LogP contribution in [0.4, 0.5) is 14.5 Å². The number of rotatable bonds is 6. The van der Waals surface area contributed by atoms with Gasteiger partial charge in [-0.05, 0) is 42.3 Å². The molecule has 2 rings (SSSR count). The van der Waals surface area contributed by atoms with Crippen LogP contribution in [0.15, 0.2) is 41.4 Å². The second-order valence-electron chi connectivity index (χ2n) is 4.95. The molecule has 0 heterocycles. The summed E-state index contributed by atoms with van der Waals surface area (Å²) in [7, 11) is 3.08. The number of guanidine groups is 1. The van der Waals surface area contributed by atoms with Gasteiger partial charge in [-0.3, -0.25) is 4.99 Å². The zero-order valence-electron chi connectivity index (χ0n) is 13.5. The Hall–Kier alpha value is -2.83. The summed E-state index contributed by atoms with van der Waals surface area (Å²) in [6.07, 6.45) is 0.248. The number of methoxy groups -OCH3 is 2. The summed E-state index contributed by atoms with van der Waals surface area (Å²) in [5, 5.41) is 2.90. The van der Waals surface area contributed by atoms with Crippen molar-refractivity contribution in [2.45, 2.75) is 6.42 Å². The van der Waals surface area contributed by atoms with E-state index in [9.17, 15) is 8.78 Å². The molecule has 0 saturated carbocycles. The fourth-order valence-electron chi connectivity index (χ4n) is 2.13. The number of benzene rings is 2. The molecule has 0 aliphatic heterocycles. The summed E-state index contributed by atoms with van der Waals surface area (Å²) >= 11 is 0. The van der Waals surface area contributed by atoms with Gasteiger partial charge in [-0.1, -0.05) is 0 Å². The number of nitrogens with one attached hydrogen (secondary N) is 1. The topological polar surface area (TPSA) is 68.9 Å². The molecule has 7 heteroatoms. The predicted octanol–water partition coefficient (Wildman–Crippen LogP) is 2.95. The van der Waals surface area contributed by atoms with Crippen molar-refractivity contribution in [1.82, 2.24) is 0 Å². The van der Waals surface area contributed by atoms with E-state index in [0.717, 1.165) is 18.2 Å². The molecule has 0 amide bonds. The fraction of sp³-hybridized carbons (Fsp3) is 0.235. The highest BCUT2D eigenvalue weighted by Crippen LogP contribution is 2.29. The Morgan fingerprint density at radius 1 is 1.08 bits per heavy atom. The number of ether oxygens (including phenoxy) is 2. The number of nitrogens with two attached hydrogens (primary N) is 1. The highest BCUT2D eigenvalue weighted by molar-refractivity contribution is 5.92. The Balaban J connectivity index is 1.98. The van der Waals surface area contributed by atoms with Gasteiger partial charge in [0.1, 0.15) is 11.6 Å². The predicted molar refractivity (Wildman–Crippen MR) is 89.7 cm³/mol. The van der Waals surface area contributed by atoms with E-state index in [1.165, 1.54) is 7.11 Å². The number of hydrogen-bond acceptors (Lipinski definition) is 3. The highest BCUT2D eigenvalue weighted by atomic mass is 19.1. The van der Waals surface area contributed by atoms with Gasteiger partial charge in [-0.15, -0.1) is 0 Å². The lowest BCUT2D eigenvalue weighted by Gasteiger charge is -2.11. The van der Waals surface area contributed by atoms with Crippen LogP contribution in [-0.4, -0.2) is 26.7 Å². The molecular weight excluding hydrogens is 316 g/mol. The average molecular weight is 335 g/mol. The second-order valence-corrected chi connectivity index (χ2v) is 4.95. The average Bonchev–Trinajstić information content (AvgIpc) is 2.57. The molecule has 2 aromatic carbocycles. The highest BCUT2D eigenvalue weighted by Gasteiger charge is 2.06. The summed E-state index contributed by atoms with van der Waals surface area (Å²) in [6, 6.07) is 8.54. The smallest absolute Gasteiger partial charge is 0.193 e. The van der Waals surface area contributed by atoms with E-state index in [-0.39, 0.29) is 24.5 Å². The van der Waals surface area contributed by atoms with Gasteiger partial charge >= 0.3 is 0 Å². The summed E-state index contributed by atoms with van der Waals surface area (Å²) in [4.78, 5) is 4.11. The molecule has 5 nitrogen and oxygen atoms in total. The summed E-state index contributed by atoms with van der Waals surface area (Å²) in [6.45, 7) is 0.229. The fourth-order valence-corrected chi connectivity index (χ4v) is 2.13. The van der Waals surface area contributed by atoms with Gasteiger partial charge in [0, 0.05) is 18.3 Å². The van der Waals surface area contributed by atoms with Gasteiger partial charge in [0.2, 0.25) is 0 Å². The number of aliphatic imine (C=N–C) groups is 1. The Morgan fingerprint density at radius 3 is 2.54 bits per heavy atom. The molecule has 0 aromatic heterocycles. The molecule has 2 aromatic rings. The molecule has 24 heavy (non-hydrogen) atoms. The molecule has 0 aliphatic carbocycles. The number of anilines is 1. The standard InChI is InChI=1S/C17H19F2N3O2/c1-23-15-6-4-13(10-16(15)24-2)22-17(20)21-8-7-11-9-12(18)3-5-14(11)19/h3-6,9-10H,7-8H2,1-2H3,(H3,20,21,22). The van der Waals surface area contributed by atoms with Crippen LogP contribution in [0, 0.1) is 11.6 Å². The minimum Gasteiger partial charge on any atom is -0.493 e. The van der Waals surface area contributed by atoms with Gasteiger partial charge in [-0.2, -0.15) is 0 Å². The van der Waals surface area contributed by atoms with Crippen molar-refractivity contribution in [2.24, 2.45) is 10.7 Å². The first-order chi connectivity index (χ1) is 11.5. The van der Waals surface area contributed by atoms with Crippen LogP contribution in [0.25, 0.3) is 0 Å². The van der Waals surface area contributed by atoms with Crippen LogP contribution in [0.1, 0.15) is 5.56 Å². The van der Waals surface area contributed by atoms with Crippen molar-refractivity contribution in [3.63, 3.8) is 0 Å². The SMILES string of the molecule is COc1ccc(NC(N)=NCCc2cc(F)ccc2F)cc1OC. The normalized spacial score (nSPS) is 11.2. The van der Waals surface area contributed by atoms with E-state index in [2.05, 4.69) is 10.3 Å². The molecule has 0 saturated heterocycles. The van der Waals surface area contributed by atoms with Crippen molar-refractivity contribution in [1.29, 1.82) is 0 Å². The molecule has 0 aliphatic rings. The molecule has 0 bridgehead atoms. The maximum absolute atomic E-state index is 13.5. The molecule has 0 radical (unpaired) electrons. The summed E-state index contributed by atoms with van der Waals surface area (Å²) in [5.74, 6) is 0.376. The zero-order valence-corrected chi connectivity index (χ0v) is 13.5. The summed E-state index contributed by atoms with van der Waals surface area (Å²) < 4.78 is 36.9. The van der Waals surface area contributed by atoms with Gasteiger partial charge < -0.3 is 20.5 Å². The zero-order chi connectivity index (χ0) is 17.5. The first-order valence-corrected chi connectivity index (χ1v) is 7.26. The molecule has 0 fully saturated rings. The lowest BCUT2D eigenvalue weighted by Crippen LogP contribution is -2.23. The van der Waals surface area contributed by atoms with Gasteiger partial charge in [0.05, 0.1) is 14.2 Å². The molecule has 0 atom stereocenters. The second kappa shape index (κ2) is 8.14. The summed E-state index contributed by atoms with van der Waals surface area (Å²) in [5.41, 5.74) is 6.73. The van der Waals surface area contributed by atoms with Crippen molar-refractivity contribution in [2.75, 3.05) is 26.1 Å². The Bertz CT molecular complexity index is 736. The molecule has 0 unspecified atom stereocenters. The first-order valence-electron chi connectivity index (χ1n) is 7.26. The van der Waals surface area contributed by atoms with Crippen LogP contribution in [0.5, 0.6) is 11.5 Å². The molecular formula is C17H19F2N3O2. The van der Waals surface area contributed by atoms with E-state index < -0.39 is 11.6 Å². The van der Waals surface area contributed by atoms with Crippen molar-refractivity contribution >= 4 is 11.6 Å². The van der Waals surface area contributed by atoms with Crippen molar-refractivity contribution in [3.05, 3.63) is 53.6 Å². The quantitative estimate of drug-likeness (QED) is 0.629. The third-order valence-corrected chi connectivity index (χ3v) is 3.33. The third-order valence-electron chi connectivity index (χ3n) is 3.33. The van der Waals surface area contributed by atoms with E-state index in [4.69, 9.17) is 15.2 Å². The lowest BCUT2D eigenvalue weighted by molar-refractivity contribution is 0.355. The van der Waals surface area contributed by atoms with Gasteiger partial charge in [-0.25, -0.2) is 8.78 Å². The Morgan fingerprint density at radius 2 is 1.83 bits per heavy atom. The maximum atomic E-state index is 13.5. The van der Waals surface area contributed by atoms with Crippen LogP contribution >= 0.6 is 0 Å². The third kappa shape index (κ3) is 4.58. The van der Waals surface area contributed by atoms with Crippen LogP contribution in [-0.2, 0) is 6.42 Å². The Kier molecular flexibility index (Phi) is 5.95. The van der Waals surface area contributed by atoms with Gasteiger partial charge in [0.25, 0.3) is 0 Å². The maximum Gasteiger partial charge on any atom is 0.193 e. The minimum absolute atomic E-state index is 0.166. The van der Waals surface area contributed by atoms with E-state index >= 15 is 0 Å². The van der Waals surface area contributed by atoms with Crippen LogP contribution in [0.3, 0.4) is 0 Å². The molecule has 0 spiro atoms. The largest absolute Gasteiger partial charge is 0.493 e. The number of nitrogens with zero attached hydrogens (tertiary/aromatic N) is 1. The first kappa shape index (κ1) is 17.5. The van der Waals surface area contributed by atoms with Crippen LogP contribution in [0.2, 0.25) is 0 Å². The lowest BCUT2D eigenvalue weighted by atomic mass is 10.1. The van der Waals surface area contributed by atoms with Crippen LogP contribution < -0.4 is 20.5 Å². The number of halogens is 2. The molecule has 3 N–H and O–H groups in total. The van der Waals surface area contributed by atoms with E-state index in [1.807, 2.05) is 0 Å². The molecule has 128 valence electrons. The minimum atomic E-state index is -0.480. The van der Waals surface area contributed by atoms with Gasteiger partial charge in [0.15, 0.2) is 17.5 Å². The van der Waals surface area contributed by atoms with E-state index in [0.29, 0.717) is 17.2 Å². The monoisotopic (exact) mass is 335 g/mol. The van der Waals surface area contributed by atoms with E-state index in [1.54, 1.807) is 25.3 Å². The van der Waals surface area contributed by atoms with Crippen molar-refractivity contribution < 1.29 is 18.3 Å².